The molecule has 0 atom stereocenters. The second-order valence-electron chi connectivity index (χ2n) is 7.01. The molecular weight excluding hydrogens is 368 g/mol. The Hall–Kier alpha value is -3.55. The number of aromatic nitrogens is 5. The predicted molar refractivity (Wildman–Crippen MR) is 108 cm³/mol. The summed E-state index contributed by atoms with van der Waals surface area (Å²) in [6.07, 6.45) is 6.73. The summed E-state index contributed by atoms with van der Waals surface area (Å²) >= 11 is 0. The average Bonchev–Trinajstić information content (AvgIpc) is 3.29. The van der Waals surface area contributed by atoms with Gasteiger partial charge in [0.05, 0.1) is 13.3 Å². The van der Waals surface area contributed by atoms with Crippen LogP contribution in [0.15, 0.2) is 53.4 Å². The molecule has 1 aliphatic rings. The third kappa shape index (κ3) is 3.37. The highest BCUT2D eigenvalue weighted by Crippen LogP contribution is 2.31. The number of benzene rings is 1. The minimum absolute atomic E-state index is 0.235. The van der Waals surface area contributed by atoms with Crippen molar-refractivity contribution in [3.63, 3.8) is 0 Å². The lowest BCUT2D eigenvalue weighted by Gasteiger charge is -2.31. The Morgan fingerprint density at radius 2 is 1.97 bits per heavy atom. The average molecular weight is 388 g/mol. The van der Waals surface area contributed by atoms with Crippen LogP contribution < -0.4 is 9.64 Å². The standard InChI is InChI=1S/C21H20N6O2/c1-28-17-4-2-3-14-5-6-18(24-19(14)17)27-11-7-15(8-12-27)21-25-20(26-29-21)16-13-22-9-10-23-16/h2-6,9-10,13,15H,7-8,11-12H2,1H3. The molecule has 0 bridgehead atoms. The molecule has 0 aliphatic carbocycles. The minimum atomic E-state index is 0.235. The Morgan fingerprint density at radius 1 is 1.07 bits per heavy atom. The first-order chi connectivity index (χ1) is 14.3. The summed E-state index contributed by atoms with van der Waals surface area (Å²) in [7, 11) is 1.67. The van der Waals surface area contributed by atoms with Crippen molar-refractivity contribution in [1.29, 1.82) is 0 Å². The van der Waals surface area contributed by atoms with Gasteiger partial charge in [0, 0.05) is 36.8 Å². The van der Waals surface area contributed by atoms with Crippen LogP contribution in [0.5, 0.6) is 5.75 Å². The number of fused-ring (bicyclic) bond motifs is 1. The van der Waals surface area contributed by atoms with Crippen LogP contribution >= 0.6 is 0 Å². The summed E-state index contributed by atoms with van der Waals surface area (Å²) in [5, 5.41) is 5.14. The number of pyridine rings is 1. The Kier molecular flexibility index (Phi) is 4.51. The third-order valence-electron chi connectivity index (χ3n) is 5.29. The van der Waals surface area contributed by atoms with Gasteiger partial charge in [0.25, 0.3) is 0 Å². The largest absolute Gasteiger partial charge is 0.494 e. The van der Waals surface area contributed by atoms with Crippen LogP contribution in [0.2, 0.25) is 0 Å². The van der Waals surface area contributed by atoms with Crippen LogP contribution in [0.1, 0.15) is 24.7 Å². The van der Waals surface area contributed by atoms with Crippen LogP contribution in [0.4, 0.5) is 5.82 Å². The van der Waals surface area contributed by atoms with E-state index in [4.69, 9.17) is 14.2 Å². The van der Waals surface area contributed by atoms with E-state index in [2.05, 4.69) is 37.1 Å². The van der Waals surface area contributed by atoms with Crippen LogP contribution in [-0.4, -0.2) is 45.3 Å². The molecule has 3 aromatic heterocycles. The predicted octanol–water partition coefficient (Wildman–Crippen LogP) is 3.47. The van der Waals surface area contributed by atoms with Crippen LogP contribution in [-0.2, 0) is 0 Å². The normalized spacial score (nSPS) is 15.0. The van der Waals surface area contributed by atoms with Crippen molar-refractivity contribution in [3.8, 4) is 17.3 Å². The number of ether oxygens (including phenoxy) is 1. The molecule has 0 amide bonds. The number of nitrogens with zero attached hydrogens (tertiary/aromatic N) is 6. The number of anilines is 1. The first-order valence-corrected chi connectivity index (χ1v) is 9.60. The van der Waals surface area contributed by atoms with Gasteiger partial charge in [-0.15, -0.1) is 0 Å². The summed E-state index contributed by atoms with van der Waals surface area (Å²) in [6, 6.07) is 10.1. The first-order valence-electron chi connectivity index (χ1n) is 9.60. The molecule has 1 aliphatic heterocycles. The molecule has 1 aromatic carbocycles. The fourth-order valence-electron chi connectivity index (χ4n) is 3.73. The molecule has 0 saturated carbocycles. The van der Waals surface area contributed by atoms with Gasteiger partial charge in [-0.2, -0.15) is 4.98 Å². The van der Waals surface area contributed by atoms with Crippen molar-refractivity contribution >= 4 is 16.7 Å². The summed E-state index contributed by atoms with van der Waals surface area (Å²) in [5.74, 6) is 3.14. The lowest BCUT2D eigenvalue weighted by atomic mass is 9.96. The molecule has 0 radical (unpaired) electrons. The van der Waals surface area contributed by atoms with Gasteiger partial charge in [0.15, 0.2) is 0 Å². The van der Waals surface area contributed by atoms with E-state index in [1.54, 1.807) is 25.7 Å². The number of hydrogen-bond acceptors (Lipinski definition) is 8. The highest BCUT2D eigenvalue weighted by Gasteiger charge is 2.26. The maximum atomic E-state index is 5.51. The van der Waals surface area contributed by atoms with E-state index in [0.717, 1.165) is 48.4 Å². The molecule has 29 heavy (non-hydrogen) atoms. The van der Waals surface area contributed by atoms with Gasteiger partial charge in [-0.25, -0.2) is 9.97 Å². The van der Waals surface area contributed by atoms with Crippen molar-refractivity contribution < 1.29 is 9.26 Å². The monoisotopic (exact) mass is 388 g/mol. The molecule has 8 nitrogen and oxygen atoms in total. The lowest BCUT2D eigenvalue weighted by Crippen LogP contribution is -2.33. The van der Waals surface area contributed by atoms with Crippen molar-refractivity contribution in [2.75, 3.05) is 25.1 Å². The van der Waals surface area contributed by atoms with E-state index in [1.807, 2.05) is 18.2 Å². The van der Waals surface area contributed by atoms with Crippen molar-refractivity contribution in [1.82, 2.24) is 25.1 Å². The van der Waals surface area contributed by atoms with Crippen molar-refractivity contribution in [2.45, 2.75) is 18.8 Å². The quantitative estimate of drug-likeness (QED) is 0.525. The molecule has 4 heterocycles. The number of rotatable bonds is 4. The Bertz CT molecular complexity index is 1120. The molecular formula is C21H20N6O2. The van der Waals surface area contributed by atoms with Crippen molar-refractivity contribution in [2.24, 2.45) is 0 Å². The molecule has 0 spiro atoms. The molecule has 1 saturated heterocycles. The number of para-hydroxylation sites is 1. The first kappa shape index (κ1) is 17.5. The lowest BCUT2D eigenvalue weighted by molar-refractivity contribution is 0.329. The van der Waals surface area contributed by atoms with E-state index < -0.39 is 0 Å². The van der Waals surface area contributed by atoms with Crippen LogP contribution in [0.3, 0.4) is 0 Å². The van der Waals surface area contributed by atoms with E-state index in [9.17, 15) is 0 Å². The minimum Gasteiger partial charge on any atom is -0.494 e. The maximum Gasteiger partial charge on any atom is 0.230 e. The zero-order chi connectivity index (χ0) is 19.6. The Balaban J connectivity index is 1.31. The molecule has 0 unspecified atom stereocenters. The molecule has 1 fully saturated rings. The smallest absolute Gasteiger partial charge is 0.230 e. The molecule has 0 N–H and O–H groups in total. The highest BCUT2D eigenvalue weighted by molar-refractivity contribution is 5.86. The second kappa shape index (κ2) is 7.46. The van der Waals surface area contributed by atoms with Gasteiger partial charge < -0.3 is 14.2 Å². The van der Waals surface area contributed by atoms with E-state index in [1.165, 1.54) is 0 Å². The zero-order valence-corrected chi connectivity index (χ0v) is 16.0. The van der Waals surface area contributed by atoms with Gasteiger partial charge in [0.1, 0.15) is 22.8 Å². The number of hydrogen-bond donors (Lipinski definition) is 0. The van der Waals surface area contributed by atoms with E-state index >= 15 is 0 Å². The summed E-state index contributed by atoms with van der Waals surface area (Å²) in [6.45, 7) is 1.75. The van der Waals surface area contributed by atoms with Crippen molar-refractivity contribution in [3.05, 3.63) is 54.8 Å². The van der Waals surface area contributed by atoms with Gasteiger partial charge in [-0.3, -0.25) is 4.98 Å². The molecule has 146 valence electrons. The summed E-state index contributed by atoms with van der Waals surface area (Å²) < 4.78 is 11.0. The number of piperidine rings is 1. The van der Waals surface area contributed by atoms with Gasteiger partial charge in [-0.05, 0) is 31.0 Å². The van der Waals surface area contributed by atoms with Gasteiger partial charge in [-0.1, -0.05) is 17.3 Å². The van der Waals surface area contributed by atoms with Crippen LogP contribution in [0.25, 0.3) is 22.4 Å². The topological polar surface area (TPSA) is 90.1 Å². The molecule has 4 aromatic rings. The second-order valence-corrected chi connectivity index (χ2v) is 7.01. The Labute approximate surface area is 167 Å². The van der Waals surface area contributed by atoms with E-state index in [0.29, 0.717) is 17.4 Å². The zero-order valence-electron chi connectivity index (χ0n) is 16.0. The fourth-order valence-corrected chi connectivity index (χ4v) is 3.73. The molecule has 8 heteroatoms. The summed E-state index contributed by atoms with van der Waals surface area (Å²) in [4.78, 5) is 20.0. The maximum absolute atomic E-state index is 5.51. The SMILES string of the molecule is COc1cccc2ccc(N3CCC(c4nc(-c5cnccn5)no4)CC3)nc12. The van der Waals surface area contributed by atoms with E-state index in [-0.39, 0.29) is 5.92 Å². The fraction of sp³-hybridized carbons (Fsp3) is 0.286. The molecule has 5 rings (SSSR count). The van der Waals surface area contributed by atoms with Crippen LogP contribution in [0, 0.1) is 0 Å². The highest BCUT2D eigenvalue weighted by atomic mass is 16.5. The Morgan fingerprint density at radius 3 is 2.76 bits per heavy atom. The third-order valence-corrected chi connectivity index (χ3v) is 5.29. The van der Waals surface area contributed by atoms with Gasteiger partial charge >= 0.3 is 0 Å². The van der Waals surface area contributed by atoms with Gasteiger partial charge in [0.2, 0.25) is 11.7 Å². The number of methoxy groups -OCH3 is 1. The summed E-state index contributed by atoms with van der Waals surface area (Å²) in [5.41, 5.74) is 1.51.